The summed E-state index contributed by atoms with van der Waals surface area (Å²) < 4.78 is 5.64. The maximum atomic E-state index is 5.64. The molecule has 0 aliphatic heterocycles. The fraction of sp³-hybridized carbons (Fsp3) is 0.786. The van der Waals surface area contributed by atoms with Crippen molar-refractivity contribution in [2.75, 3.05) is 6.54 Å². The molecule has 3 nitrogen and oxygen atoms in total. The van der Waals surface area contributed by atoms with Gasteiger partial charge in [-0.1, -0.05) is 34.6 Å². The van der Waals surface area contributed by atoms with Crippen LogP contribution < -0.4 is 5.32 Å². The maximum absolute atomic E-state index is 5.64. The molecule has 0 aromatic carbocycles. The van der Waals surface area contributed by atoms with E-state index in [2.05, 4.69) is 44.9 Å². The lowest BCUT2D eigenvalue weighted by Crippen LogP contribution is -2.15. The minimum Gasteiger partial charge on any atom is -0.448 e. The summed E-state index contributed by atoms with van der Waals surface area (Å²) in [6, 6.07) is 0. The van der Waals surface area contributed by atoms with Gasteiger partial charge in [-0.25, -0.2) is 4.98 Å². The highest BCUT2D eigenvalue weighted by molar-refractivity contribution is 5.31. The molecule has 1 saturated carbocycles. The van der Waals surface area contributed by atoms with Crippen LogP contribution in [-0.4, -0.2) is 11.5 Å². The molecule has 0 bridgehead atoms. The molecule has 17 heavy (non-hydrogen) atoms. The van der Waals surface area contributed by atoms with Gasteiger partial charge in [0, 0.05) is 12.5 Å². The monoisotopic (exact) mass is 236 g/mol. The summed E-state index contributed by atoms with van der Waals surface area (Å²) in [6.45, 7) is 13.3. The molecule has 2 rings (SSSR count). The topological polar surface area (TPSA) is 38.1 Å². The zero-order valence-corrected chi connectivity index (χ0v) is 11.6. The van der Waals surface area contributed by atoms with Crippen molar-refractivity contribution in [2.24, 2.45) is 10.8 Å². The van der Waals surface area contributed by atoms with Gasteiger partial charge in [-0.15, -0.1) is 0 Å². The molecule has 1 aliphatic rings. The van der Waals surface area contributed by atoms with Gasteiger partial charge in [-0.05, 0) is 23.8 Å². The summed E-state index contributed by atoms with van der Waals surface area (Å²) >= 11 is 0. The molecule has 1 aromatic heterocycles. The van der Waals surface area contributed by atoms with Crippen molar-refractivity contribution in [3.05, 3.63) is 17.8 Å². The second-order valence-corrected chi connectivity index (χ2v) is 6.22. The van der Waals surface area contributed by atoms with Crippen LogP contribution in [0.15, 0.2) is 10.8 Å². The van der Waals surface area contributed by atoms with E-state index in [-0.39, 0.29) is 0 Å². The van der Waals surface area contributed by atoms with Crippen molar-refractivity contribution in [3.8, 4) is 0 Å². The molecule has 3 heteroatoms. The number of nitrogens with zero attached hydrogens (tertiary/aromatic N) is 1. The molecule has 0 unspecified atom stereocenters. The van der Waals surface area contributed by atoms with E-state index in [4.69, 9.17) is 4.42 Å². The van der Waals surface area contributed by atoms with Crippen molar-refractivity contribution >= 4 is 0 Å². The van der Waals surface area contributed by atoms with Crippen molar-refractivity contribution < 1.29 is 4.42 Å². The van der Waals surface area contributed by atoms with Crippen LogP contribution in [0.1, 0.15) is 58.4 Å². The number of rotatable bonds is 5. The molecule has 1 aliphatic carbocycles. The van der Waals surface area contributed by atoms with E-state index in [9.17, 15) is 0 Å². The second kappa shape index (κ2) is 4.13. The molecule has 0 saturated heterocycles. The molecule has 1 fully saturated rings. The maximum Gasteiger partial charge on any atom is 0.181 e. The quantitative estimate of drug-likeness (QED) is 0.797. The number of aromatic nitrogens is 1. The van der Waals surface area contributed by atoms with Crippen molar-refractivity contribution in [1.29, 1.82) is 0 Å². The van der Waals surface area contributed by atoms with Gasteiger partial charge in [0.15, 0.2) is 6.39 Å². The molecule has 1 heterocycles. The van der Waals surface area contributed by atoms with Gasteiger partial charge < -0.3 is 9.73 Å². The largest absolute Gasteiger partial charge is 0.448 e. The first-order valence-corrected chi connectivity index (χ1v) is 6.56. The van der Waals surface area contributed by atoms with Gasteiger partial charge in [-0.2, -0.15) is 0 Å². The van der Waals surface area contributed by atoms with Crippen molar-refractivity contribution in [2.45, 2.75) is 53.5 Å². The van der Waals surface area contributed by atoms with Gasteiger partial charge in [0.1, 0.15) is 5.76 Å². The smallest absolute Gasteiger partial charge is 0.181 e. The van der Waals surface area contributed by atoms with Crippen molar-refractivity contribution in [1.82, 2.24) is 10.3 Å². The average molecular weight is 236 g/mol. The van der Waals surface area contributed by atoms with Gasteiger partial charge in [0.2, 0.25) is 0 Å². The third-order valence-corrected chi connectivity index (χ3v) is 4.67. The Morgan fingerprint density at radius 2 is 1.94 bits per heavy atom. The SMILES string of the molecule is CCCNCc1ncoc1C1C(C)(C)C1(C)C. The van der Waals surface area contributed by atoms with Crippen molar-refractivity contribution in [3.63, 3.8) is 0 Å². The van der Waals surface area contributed by atoms with Crippen LogP contribution in [0.4, 0.5) is 0 Å². The van der Waals surface area contributed by atoms with Gasteiger partial charge in [0.05, 0.1) is 5.69 Å². The normalized spacial score (nSPS) is 21.7. The molecule has 1 aromatic rings. The first-order valence-electron chi connectivity index (χ1n) is 6.56. The van der Waals surface area contributed by atoms with Gasteiger partial charge in [-0.3, -0.25) is 0 Å². The number of hydrogen-bond donors (Lipinski definition) is 1. The number of oxazole rings is 1. The molecule has 0 radical (unpaired) electrons. The Morgan fingerprint density at radius 1 is 1.29 bits per heavy atom. The molecule has 96 valence electrons. The summed E-state index contributed by atoms with van der Waals surface area (Å²) in [5.41, 5.74) is 1.71. The molecular weight excluding hydrogens is 212 g/mol. The van der Waals surface area contributed by atoms with Gasteiger partial charge in [0.25, 0.3) is 0 Å². The Bertz CT molecular complexity index is 379. The van der Waals surface area contributed by atoms with Crippen LogP contribution in [0.5, 0.6) is 0 Å². The predicted molar refractivity (Wildman–Crippen MR) is 68.8 cm³/mol. The van der Waals surface area contributed by atoms with E-state index in [0.29, 0.717) is 16.7 Å². The summed E-state index contributed by atoms with van der Waals surface area (Å²) in [6.07, 6.45) is 2.73. The van der Waals surface area contributed by atoms with E-state index in [1.807, 2.05) is 0 Å². The highest BCUT2D eigenvalue weighted by atomic mass is 16.3. The molecule has 0 spiro atoms. The summed E-state index contributed by atoms with van der Waals surface area (Å²) in [5.74, 6) is 1.58. The minimum absolute atomic E-state index is 0.312. The summed E-state index contributed by atoms with van der Waals surface area (Å²) in [5, 5.41) is 3.39. The summed E-state index contributed by atoms with van der Waals surface area (Å²) in [4.78, 5) is 4.35. The lowest BCUT2D eigenvalue weighted by atomic mass is 10.0. The second-order valence-electron chi connectivity index (χ2n) is 6.22. The van der Waals surface area contributed by atoms with E-state index >= 15 is 0 Å². The predicted octanol–water partition coefficient (Wildman–Crippen LogP) is 3.32. The standard InChI is InChI=1S/C14H24N2O/c1-6-7-15-8-10-11(17-9-16-10)12-13(2,3)14(12,4)5/h9,12,15H,6-8H2,1-5H3. The first kappa shape index (κ1) is 12.6. The zero-order valence-electron chi connectivity index (χ0n) is 11.6. The van der Waals surface area contributed by atoms with Crippen LogP contribution in [-0.2, 0) is 6.54 Å². The van der Waals surface area contributed by atoms with Crippen LogP contribution in [0.2, 0.25) is 0 Å². The highest BCUT2D eigenvalue weighted by Gasteiger charge is 2.67. The minimum atomic E-state index is 0.312. The molecule has 0 atom stereocenters. The third kappa shape index (κ3) is 1.90. The van der Waals surface area contributed by atoms with Crippen LogP contribution in [0.25, 0.3) is 0 Å². The van der Waals surface area contributed by atoms with Gasteiger partial charge >= 0.3 is 0 Å². The zero-order chi connectivity index (χ0) is 12.7. The Kier molecular flexibility index (Phi) is 3.06. The third-order valence-electron chi connectivity index (χ3n) is 4.67. The lowest BCUT2D eigenvalue weighted by Gasteiger charge is -2.03. The van der Waals surface area contributed by atoms with Crippen LogP contribution >= 0.6 is 0 Å². The molecular formula is C14H24N2O. The van der Waals surface area contributed by atoms with E-state index in [0.717, 1.165) is 31.0 Å². The lowest BCUT2D eigenvalue weighted by molar-refractivity contribution is 0.457. The fourth-order valence-electron chi connectivity index (χ4n) is 2.88. The van der Waals surface area contributed by atoms with Crippen LogP contribution in [0.3, 0.4) is 0 Å². The number of hydrogen-bond acceptors (Lipinski definition) is 3. The van der Waals surface area contributed by atoms with E-state index in [1.165, 1.54) is 0 Å². The Labute approximate surface area is 104 Å². The fourth-order valence-corrected chi connectivity index (χ4v) is 2.88. The Hall–Kier alpha value is -0.830. The molecule has 1 N–H and O–H groups in total. The number of nitrogens with one attached hydrogen (secondary N) is 1. The average Bonchev–Trinajstić information content (AvgIpc) is 2.60. The van der Waals surface area contributed by atoms with E-state index < -0.39 is 0 Å². The molecule has 0 amide bonds. The Balaban J connectivity index is 2.11. The van der Waals surface area contributed by atoms with Crippen LogP contribution in [0, 0.1) is 10.8 Å². The first-order chi connectivity index (χ1) is 7.93. The summed E-state index contributed by atoms with van der Waals surface area (Å²) in [7, 11) is 0. The Morgan fingerprint density at radius 3 is 2.47 bits per heavy atom. The highest BCUT2D eigenvalue weighted by Crippen LogP contribution is 2.73. The van der Waals surface area contributed by atoms with E-state index in [1.54, 1.807) is 6.39 Å².